The number of hydrogen-bond donors (Lipinski definition) is 2. The fourth-order valence-electron chi connectivity index (χ4n) is 1.35. The van der Waals surface area contributed by atoms with E-state index in [2.05, 4.69) is 12.2 Å². The Morgan fingerprint density at radius 1 is 1.83 bits per heavy atom. The van der Waals surface area contributed by atoms with Gasteiger partial charge in [0.15, 0.2) is 0 Å². The molecule has 2 N–H and O–H groups in total. The van der Waals surface area contributed by atoms with E-state index in [0.717, 1.165) is 6.42 Å². The molecule has 68 valence electrons. The highest BCUT2D eigenvalue weighted by Gasteiger charge is 2.36. The molecule has 0 aromatic rings. The molecular formula is C8H13NO3. The van der Waals surface area contributed by atoms with Crippen LogP contribution in [0.5, 0.6) is 0 Å². The molecule has 0 aromatic heterocycles. The van der Waals surface area contributed by atoms with Crippen LogP contribution in [0.3, 0.4) is 0 Å². The number of carbonyl (C=O) groups is 2. The third-order valence-electron chi connectivity index (χ3n) is 2.38. The zero-order chi connectivity index (χ0) is 9.14. The van der Waals surface area contributed by atoms with Gasteiger partial charge in [-0.15, -0.1) is 0 Å². The van der Waals surface area contributed by atoms with Gasteiger partial charge in [-0.2, -0.15) is 0 Å². The Kier molecular flexibility index (Phi) is 2.68. The first-order valence-corrected chi connectivity index (χ1v) is 4.07. The summed E-state index contributed by atoms with van der Waals surface area (Å²) < 4.78 is 0. The summed E-state index contributed by atoms with van der Waals surface area (Å²) in [6, 6.07) is -0.697. The highest BCUT2D eigenvalue weighted by molar-refractivity contribution is 5.76. The largest absolute Gasteiger partial charge is 0.480 e. The first-order chi connectivity index (χ1) is 5.65. The summed E-state index contributed by atoms with van der Waals surface area (Å²) in [7, 11) is 0. The molecule has 0 heterocycles. The van der Waals surface area contributed by atoms with Crippen LogP contribution in [0.25, 0.3) is 0 Å². The second kappa shape index (κ2) is 3.56. The van der Waals surface area contributed by atoms with Crippen molar-refractivity contribution in [1.29, 1.82) is 0 Å². The molecule has 0 bridgehead atoms. The minimum Gasteiger partial charge on any atom is -0.480 e. The number of hydrogen-bond acceptors (Lipinski definition) is 2. The maximum Gasteiger partial charge on any atom is 0.326 e. The van der Waals surface area contributed by atoms with E-state index >= 15 is 0 Å². The van der Waals surface area contributed by atoms with Gasteiger partial charge in [0.25, 0.3) is 0 Å². The van der Waals surface area contributed by atoms with Crippen molar-refractivity contribution < 1.29 is 14.7 Å². The molecule has 0 saturated heterocycles. The van der Waals surface area contributed by atoms with Crippen molar-refractivity contribution in [3.8, 4) is 0 Å². The lowest BCUT2D eigenvalue weighted by Gasteiger charge is -2.09. The molecule has 0 aliphatic heterocycles. The number of carboxylic acid groups (broad SMARTS) is 1. The lowest BCUT2D eigenvalue weighted by atomic mass is 10.1. The quantitative estimate of drug-likeness (QED) is 0.582. The lowest BCUT2D eigenvalue weighted by molar-refractivity contribution is -0.140. The molecule has 3 atom stereocenters. The Labute approximate surface area is 71.0 Å². The molecule has 4 heteroatoms. The molecule has 1 aliphatic rings. The Bertz CT molecular complexity index is 193. The highest BCUT2D eigenvalue weighted by atomic mass is 16.4. The molecule has 0 radical (unpaired) electrons. The van der Waals surface area contributed by atoms with E-state index in [-0.39, 0.29) is 0 Å². The van der Waals surface area contributed by atoms with Crippen LogP contribution in [-0.2, 0) is 9.59 Å². The number of nitrogens with one attached hydrogen (secondary N) is 1. The van der Waals surface area contributed by atoms with E-state index in [4.69, 9.17) is 5.11 Å². The van der Waals surface area contributed by atoms with Crippen molar-refractivity contribution in [1.82, 2.24) is 5.32 Å². The van der Waals surface area contributed by atoms with E-state index < -0.39 is 12.0 Å². The van der Waals surface area contributed by atoms with Crippen LogP contribution in [-0.4, -0.2) is 23.5 Å². The molecule has 1 amide bonds. The maximum atomic E-state index is 10.5. The average molecular weight is 171 g/mol. The van der Waals surface area contributed by atoms with Crippen LogP contribution in [0.2, 0.25) is 0 Å². The van der Waals surface area contributed by atoms with Crippen molar-refractivity contribution in [2.45, 2.75) is 25.8 Å². The van der Waals surface area contributed by atoms with Gasteiger partial charge < -0.3 is 10.4 Å². The summed E-state index contributed by atoms with van der Waals surface area (Å²) in [4.78, 5) is 20.6. The highest BCUT2D eigenvalue weighted by Crippen LogP contribution is 2.41. The molecule has 1 fully saturated rings. The predicted molar refractivity (Wildman–Crippen MR) is 42.5 cm³/mol. The van der Waals surface area contributed by atoms with E-state index in [9.17, 15) is 9.59 Å². The fourth-order valence-corrected chi connectivity index (χ4v) is 1.35. The predicted octanol–water partition coefficient (Wildman–Crippen LogP) is 0.232. The zero-order valence-corrected chi connectivity index (χ0v) is 6.99. The van der Waals surface area contributed by atoms with Crippen LogP contribution in [0.1, 0.15) is 19.8 Å². The van der Waals surface area contributed by atoms with Gasteiger partial charge in [0.2, 0.25) is 6.41 Å². The van der Waals surface area contributed by atoms with Gasteiger partial charge in [0, 0.05) is 0 Å². The van der Waals surface area contributed by atoms with E-state index in [0.29, 0.717) is 24.7 Å². The van der Waals surface area contributed by atoms with E-state index in [1.807, 2.05) is 0 Å². The van der Waals surface area contributed by atoms with E-state index in [1.165, 1.54) is 0 Å². The summed E-state index contributed by atoms with van der Waals surface area (Å²) in [5.41, 5.74) is 0. The van der Waals surface area contributed by atoms with Crippen LogP contribution in [0, 0.1) is 11.8 Å². The van der Waals surface area contributed by atoms with Crippen molar-refractivity contribution in [2.24, 2.45) is 11.8 Å². The van der Waals surface area contributed by atoms with Gasteiger partial charge in [-0.1, -0.05) is 6.92 Å². The summed E-state index contributed by atoms with van der Waals surface area (Å²) in [6.07, 6.45) is 2.10. The molecule has 0 spiro atoms. The molecular weight excluding hydrogens is 158 g/mol. The Hall–Kier alpha value is -1.06. The van der Waals surface area contributed by atoms with Crippen molar-refractivity contribution in [3.05, 3.63) is 0 Å². The Morgan fingerprint density at radius 3 is 2.75 bits per heavy atom. The summed E-state index contributed by atoms with van der Waals surface area (Å²) in [6.45, 7) is 2.09. The summed E-state index contributed by atoms with van der Waals surface area (Å²) in [5, 5.41) is 10.9. The minimum absolute atomic E-state index is 0.450. The van der Waals surface area contributed by atoms with Gasteiger partial charge in [0.1, 0.15) is 6.04 Å². The van der Waals surface area contributed by atoms with Crippen molar-refractivity contribution in [2.75, 3.05) is 0 Å². The monoisotopic (exact) mass is 171 g/mol. The molecule has 4 nitrogen and oxygen atoms in total. The smallest absolute Gasteiger partial charge is 0.326 e. The van der Waals surface area contributed by atoms with Gasteiger partial charge in [0.05, 0.1) is 0 Å². The second-order valence-corrected chi connectivity index (χ2v) is 3.38. The summed E-state index contributed by atoms with van der Waals surface area (Å²) >= 11 is 0. The minimum atomic E-state index is -0.943. The fraction of sp³-hybridized carbons (Fsp3) is 0.750. The van der Waals surface area contributed by atoms with Gasteiger partial charge in [-0.05, 0) is 24.7 Å². The molecule has 1 aliphatic carbocycles. The third-order valence-corrected chi connectivity index (χ3v) is 2.38. The van der Waals surface area contributed by atoms with Crippen molar-refractivity contribution >= 4 is 12.4 Å². The number of aliphatic carboxylic acids is 1. The molecule has 1 rings (SSSR count). The van der Waals surface area contributed by atoms with Gasteiger partial charge in [-0.3, -0.25) is 4.79 Å². The summed E-state index contributed by atoms with van der Waals surface area (Å²) in [5.74, 6) is 0.167. The van der Waals surface area contributed by atoms with Gasteiger partial charge >= 0.3 is 5.97 Å². The first-order valence-electron chi connectivity index (χ1n) is 4.07. The molecule has 12 heavy (non-hydrogen) atoms. The molecule has 3 unspecified atom stereocenters. The SMILES string of the molecule is CC1CC1CC(NC=O)C(=O)O. The van der Waals surface area contributed by atoms with Crippen LogP contribution >= 0.6 is 0 Å². The topological polar surface area (TPSA) is 66.4 Å². The van der Waals surface area contributed by atoms with Crippen LogP contribution < -0.4 is 5.32 Å². The Balaban J connectivity index is 2.32. The number of carbonyl (C=O) groups excluding carboxylic acids is 1. The number of rotatable bonds is 5. The lowest BCUT2D eigenvalue weighted by Crippen LogP contribution is -2.36. The van der Waals surface area contributed by atoms with Crippen LogP contribution in [0.4, 0.5) is 0 Å². The molecule has 1 saturated carbocycles. The first kappa shape index (κ1) is 9.03. The van der Waals surface area contributed by atoms with Crippen molar-refractivity contribution in [3.63, 3.8) is 0 Å². The Morgan fingerprint density at radius 2 is 2.42 bits per heavy atom. The molecule has 0 aromatic carbocycles. The number of amides is 1. The standard InChI is InChI=1S/C8H13NO3/c1-5-2-6(5)3-7(8(11)12)9-4-10/h4-7H,2-3H2,1H3,(H,9,10)(H,11,12). The third kappa shape index (κ3) is 2.22. The van der Waals surface area contributed by atoms with Crippen LogP contribution in [0.15, 0.2) is 0 Å². The van der Waals surface area contributed by atoms with E-state index in [1.54, 1.807) is 0 Å². The maximum absolute atomic E-state index is 10.5. The second-order valence-electron chi connectivity index (χ2n) is 3.38. The zero-order valence-electron chi connectivity index (χ0n) is 6.99. The average Bonchev–Trinajstić information content (AvgIpc) is 2.65. The normalized spacial score (nSPS) is 29.1. The number of carboxylic acids is 1. The van der Waals surface area contributed by atoms with Gasteiger partial charge in [-0.25, -0.2) is 4.79 Å².